The van der Waals surface area contributed by atoms with Crippen molar-refractivity contribution in [3.05, 3.63) is 73.4 Å². The van der Waals surface area contributed by atoms with Crippen LogP contribution in [0.3, 0.4) is 0 Å². The molecule has 0 amide bonds. The van der Waals surface area contributed by atoms with Crippen molar-refractivity contribution in [3.8, 4) is 6.07 Å². The molecule has 146 valence electrons. The van der Waals surface area contributed by atoms with E-state index in [9.17, 15) is 10.1 Å². The molecule has 0 radical (unpaired) electrons. The second kappa shape index (κ2) is 8.24. The molecule has 29 heavy (non-hydrogen) atoms. The molecule has 3 rings (SSSR count). The second-order valence-electron chi connectivity index (χ2n) is 6.44. The summed E-state index contributed by atoms with van der Waals surface area (Å²) >= 11 is 3.45. The first-order chi connectivity index (χ1) is 13.8. The fraction of sp³-hybridized carbons (Fsp3) is 0.150. The van der Waals surface area contributed by atoms with Crippen LogP contribution in [0, 0.1) is 42.2 Å². The smallest absolute Gasteiger partial charge is 0.332 e. The van der Waals surface area contributed by atoms with Gasteiger partial charge >= 0.3 is 5.69 Å². The molecule has 0 aliphatic carbocycles. The normalized spacial score (nSPS) is 10.3. The van der Waals surface area contributed by atoms with Gasteiger partial charge in [-0.3, -0.25) is 10.1 Å². The van der Waals surface area contributed by atoms with Crippen LogP contribution in [-0.4, -0.2) is 14.9 Å². The van der Waals surface area contributed by atoms with Crippen molar-refractivity contribution in [3.63, 3.8) is 0 Å². The van der Waals surface area contributed by atoms with Gasteiger partial charge in [0.15, 0.2) is 0 Å². The minimum absolute atomic E-state index is 0.104. The number of benzene rings is 2. The van der Waals surface area contributed by atoms with Gasteiger partial charge < -0.3 is 10.6 Å². The molecule has 0 fully saturated rings. The number of halogens is 1. The predicted molar refractivity (Wildman–Crippen MR) is 115 cm³/mol. The van der Waals surface area contributed by atoms with Crippen molar-refractivity contribution in [2.45, 2.75) is 20.8 Å². The van der Waals surface area contributed by atoms with E-state index in [-0.39, 0.29) is 23.1 Å². The lowest BCUT2D eigenvalue weighted by Crippen LogP contribution is -2.08. The molecule has 1 heterocycles. The topological polar surface area (TPSA) is 117 Å². The van der Waals surface area contributed by atoms with Crippen molar-refractivity contribution in [2.24, 2.45) is 0 Å². The van der Waals surface area contributed by atoms with Gasteiger partial charge in [0.1, 0.15) is 5.69 Å². The Balaban J connectivity index is 2.03. The third-order valence-electron chi connectivity index (χ3n) is 4.25. The number of nitrogens with zero attached hydrogens (tertiary/aromatic N) is 4. The van der Waals surface area contributed by atoms with Crippen LogP contribution < -0.4 is 10.6 Å². The van der Waals surface area contributed by atoms with Gasteiger partial charge in [0.2, 0.25) is 11.8 Å². The molecule has 1 aromatic heterocycles. The molecule has 2 aromatic carbocycles. The monoisotopic (exact) mass is 452 g/mol. The van der Waals surface area contributed by atoms with Crippen LogP contribution in [0.2, 0.25) is 0 Å². The van der Waals surface area contributed by atoms with Crippen LogP contribution in [0.1, 0.15) is 22.4 Å². The summed E-state index contributed by atoms with van der Waals surface area (Å²) in [7, 11) is 0. The highest BCUT2D eigenvalue weighted by Crippen LogP contribution is 2.33. The highest BCUT2D eigenvalue weighted by atomic mass is 79.9. The maximum Gasteiger partial charge on any atom is 0.332 e. The number of nitrogens with one attached hydrogen (secondary N) is 2. The van der Waals surface area contributed by atoms with Crippen molar-refractivity contribution >= 4 is 44.8 Å². The lowest BCUT2D eigenvalue weighted by molar-refractivity contribution is -0.385. The summed E-state index contributed by atoms with van der Waals surface area (Å²) in [5.41, 5.74) is 3.83. The molecule has 0 aliphatic heterocycles. The number of nitro groups is 1. The molecule has 0 spiro atoms. The summed E-state index contributed by atoms with van der Waals surface area (Å²) in [5.74, 6) is 0.319. The first kappa shape index (κ1) is 20.2. The van der Waals surface area contributed by atoms with Gasteiger partial charge in [0.05, 0.1) is 16.6 Å². The van der Waals surface area contributed by atoms with E-state index < -0.39 is 4.92 Å². The summed E-state index contributed by atoms with van der Waals surface area (Å²) in [5, 5.41) is 26.7. The average molecular weight is 453 g/mol. The molecule has 0 unspecified atom stereocenters. The molecule has 0 bridgehead atoms. The average Bonchev–Trinajstić information content (AvgIpc) is 2.64. The largest absolute Gasteiger partial charge is 0.334 e. The van der Waals surface area contributed by atoms with Gasteiger partial charge in [-0.1, -0.05) is 15.9 Å². The van der Waals surface area contributed by atoms with Crippen molar-refractivity contribution in [2.75, 3.05) is 10.6 Å². The zero-order chi connectivity index (χ0) is 21.1. The SMILES string of the molecule is Cc1cc(Br)cc(C)c1Nc1nc(Nc2ccc(C#N)cc2)nc(C)c1[N+](=O)[O-]. The fourth-order valence-corrected chi connectivity index (χ4v) is 3.60. The summed E-state index contributed by atoms with van der Waals surface area (Å²) in [6.07, 6.45) is 0. The zero-order valence-corrected chi connectivity index (χ0v) is 17.5. The number of rotatable bonds is 5. The summed E-state index contributed by atoms with van der Waals surface area (Å²) in [4.78, 5) is 19.7. The van der Waals surface area contributed by atoms with Crippen LogP contribution in [0.25, 0.3) is 0 Å². The standard InChI is InChI=1S/C20H17BrN6O2/c1-11-8-15(21)9-12(2)17(11)25-19-18(27(28)29)13(3)23-20(26-19)24-16-6-4-14(10-22)5-7-16/h4-9H,1-3H3,(H2,23,24,25,26). The predicted octanol–water partition coefficient (Wildman–Crippen LogP) is 5.43. The molecule has 0 aliphatic rings. The van der Waals surface area contributed by atoms with Gasteiger partial charge in [-0.2, -0.15) is 10.2 Å². The second-order valence-corrected chi connectivity index (χ2v) is 7.36. The van der Waals surface area contributed by atoms with Crippen molar-refractivity contribution in [1.82, 2.24) is 9.97 Å². The molecule has 3 aromatic rings. The highest BCUT2D eigenvalue weighted by molar-refractivity contribution is 9.10. The summed E-state index contributed by atoms with van der Waals surface area (Å²) < 4.78 is 0.926. The van der Waals surface area contributed by atoms with Gasteiger partial charge in [-0.25, -0.2) is 4.98 Å². The van der Waals surface area contributed by atoms with E-state index in [1.807, 2.05) is 26.0 Å². The Hall–Kier alpha value is -3.51. The third kappa shape index (κ3) is 4.50. The van der Waals surface area contributed by atoms with Gasteiger partial charge in [-0.15, -0.1) is 0 Å². The van der Waals surface area contributed by atoms with Crippen molar-refractivity contribution in [1.29, 1.82) is 5.26 Å². The van der Waals surface area contributed by atoms with Crippen LogP contribution in [0.15, 0.2) is 40.9 Å². The molecule has 0 saturated heterocycles. The molecular formula is C20H17BrN6O2. The Morgan fingerprint density at radius 1 is 1.07 bits per heavy atom. The first-order valence-electron chi connectivity index (χ1n) is 8.62. The summed E-state index contributed by atoms with van der Waals surface area (Å²) in [6, 6.07) is 12.7. The number of nitriles is 1. The van der Waals surface area contributed by atoms with Gasteiger partial charge in [0.25, 0.3) is 0 Å². The lowest BCUT2D eigenvalue weighted by atomic mass is 10.1. The summed E-state index contributed by atoms with van der Waals surface area (Å²) in [6.45, 7) is 5.39. The van der Waals surface area contributed by atoms with E-state index in [2.05, 4.69) is 42.6 Å². The molecule has 9 heteroatoms. The number of hydrogen-bond donors (Lipinski definition) is 2. The van der Waals surface area contributed by atoms with Crippen LogP contribution in [-0.2, 0) is 0 Å². The van der Waals surface area contributed by atoms with E-state index in [4.69, 9.17) is 5.26 Å². The number of aryl methyl sites for hydroxylation is 3. The third-order valence-corrected chi connectivity index (χ3v) is 4.71. The maximum atomic E-state index is 11.6. The van der Waals surface area contributed by atoms with E-state index in [1.54, 1.807) is 31.2 Å². The molecule has 2 N–H and O–H groups in total. The zero-order valence-electron chi connectivity index (χ0n) is 15.9. The van der Waals surface area contributed by atoms with Gasteiger partial charge in [0, 0.05) is 15.8 Å². The fourth-order valence-electron chi connectivity index (χ4n) is 2.91. The Bertz CT molecular complexity index is 1120. The Kier molecular flexibility index (Phi) is 5.75. The van der Waals surface area contributed by atoms with E-state index in [1.165, 1.54) is 0 Å². The minimum atomic E-state index is -0.493. The molecule has 0 saturated carbocycles. The molecule has 8 nitrogen and oxygen atoms in total. The Morgan fingerprint density at radius 2 is 1.69 bits per heavy atom. The first-order valence-corrected chi connectivity index (χ1v) is 9.41. The van der Waals surface area contributed by atoms with Crippen molar-refractivity contribution < 1.29 is 4.92 Å². The van der Waals surface area contributed by atoms with E-state index in [0.29, 0.717) is 11.3 Å². The Labute approximate surface area is 175 Å². The van der Waals surface area contributed by atoms with E-state index in [0.717, 1.165) is 21.3 Å². The molecule has 0 atom stereocenters. The quantitative estimate of drug-likeness (QED) is 0.391. The highest BCUT2D eigenvalue weighted by Gasteiger charge is 2.23. The maximum absolute atomic E-state index is 11.6. The van der Waals surface area contributed by atoms with Gasteiger partial charge in [-0.05, 0) is 68.3 Å². The van der Waals surface area contributed by atoms with Crippen LogP contribution >= 0.6 is 15.9 Å². The number of hydrogen-bond acceptors (Lipinski definition) is 7. The molecular weight excluding hydrogens is 436 g/mol. The van der Waals surface area contributed by atoms with Crippen LogP contribution in [0.4, 0.5) is 28.8 Å². The lowest BCUT2D eigenvalue weighted by Gasteiger charge is -2.15. The number of anilines is 4. The number of aromatic nitrogens is 2. The van der Waals surface area contributed by atoms with E-state index >= 15 is 0 Å². The minimum Gasteiger partial charge on any atom is -0.334 e. The Morgan fingerprint density at radius 3 is 2.24 bits per heavy atom. The van der Waals surface area contributed by atoms with Crippen LogP contribution in [0.5, 0.6) is 0 Å².